The summed E-state index contributed by atoms with van der Waals surface area (Å²) in [6, 6.07) is 7.32. The average Bonchev–Trinajstić information content (AvgIpc) is 2.68. The first-order valence-electron chi connectivity index (χ1n) is 9.26. The Labute approximate surface area is 185 Å². The molecule has 0 heterocycles. The quantitative estimate of drug-likeness (QED) is 0.325. The number of hydrogen-bond donors (Lipinski definition) is 0. The van der Waals surface area contributed by atoms with Gasteiger partial charge >= 0.3 is 12.3 Å². The molecule has 3 rings (SSSR count). The number of ether oxygens (including phenoxy) is 1. The van der Waals surface area contributed by atoms with Crippen molar-refractivity contribution in [2.45, 2.75) is 19.2 Å². The second-order valence-electron chi connectivity index (χ2n) is 7.07. The van der Waals surface area contributed by atoms with Crippen LogP contribution in [0, 0.1) is 30.2 Å². The maximum atomic E-state index is 14.5. The Morgan fingerprint density at radius 3 is 1.88 bits per heavy atom. The standard InChI is InChI=1S/C23H12F10O/c1-11-2-4-12(5-3-11)14-6-7-15(21(28)20(14)27)23(32,33)34-13-8-16(24)19(17(25)9-13)18(26)10-22(29,30)31/h2-10H,1H3/b18-10-. The highest BCUT2D eigenvalue weighted by atomic mass is 19.4. The Bertz CT molecular complexity index is 1220. The van der Waals surface area contributed by atoms with E-state index in [1.807, 2.05) is 0 Å². The van der Waals surface area contributed by atoms with Crippen LogP contribution in [0.2, 0.25) is 0 Å². The van der Waals surface area contributed by atoms with Gasteiger partial charge in [0.1, 0.15) is 28.8 Å². The van der Waals surface area contributed by atoms with E-state index in [0.717, 1.165) is 11.6 Å². The summed E-state index contributed by atoms with van der Waals surface area (Å²) in [7, 11) is 0. The van der Waals surface area contributed by atoms with Crippen LogP contribution >= 0.6 is 0 Å². The van der Waals surface area contributed by atoms with E-state index in [9.17, 15) is 43.9 Å². The van der Waals surface area contributed by atoms with Crippen molar-refractivity contribution in [2.24, 2.45) is 0 Å². The predicted molar refractivity (Wildman–Crippen MR) is 103 cm³/mol. The molecule has 0 saturated carbocycles. The third-order valence-electron chi connectivity index (χ3n) is 4.55. The fourth-order valence-electron chi connectivity index (χ4n) is 2.99. The molecule has 0 N–H and O–H groups in total. The largest absolute Gasteiger partial charge is 0.429 e. The number of alkyl halides is 5. The van der Waals surface area contributed by atoms with Crippen molar-refractivity contribution in [3.05, 3.63) is 94.6 Å². The van der Waals surface area contributed by atoms with Crippen molar-refractivity contribution in [1.82, 2.24) is 0 Å². The lowest BCUT2D eigenvalue weighted by molar-refractivity contribution is -0.187. The van der Waals surface area contributed by atoms with Crippen LogP contribution in [-0.2, 0) is 6.11 Å². The lowest BCUT2D eigenvalue weighted by Crippen LogP contribution is -2.24. The minimum atomic E-state index is -5.25. The number of allylic oxidation sites excluding steroid dienone is 1. The van der Waals surface area contributed by atoms with E-state index in [0.29, 0.717) is 6.07 Å². The Hall–Kier alpha value is -3.50. The summed E-state index contributed by atoms with van der Waals surface area (Å²) < 4.78 is 140. The number of aryl methyl sites for hydroxylation is 1. The molecule has 0 radical (unpaired) electrons. The van der Waals surface area contributed by atoms with Crippen molar-refractivity contribution in [1.29, 1.82) is 0 Å². The number of rotatable bonds is 5. The summed E-state index contributed by atoms with van der Waals surface area (Å²) in [5, 5.41) is 0. The van der Waals surface area contributed by atoms with Gasteiger partial charge in [-0.05, 0) is 18.6 Å². The third kappa shape index (κ3) is 5.35. The predicted octanol–water partition coefficient (Wildman–Crippen LogP) is 8.22. The van der Waals surface area contributed by atoms with E-state index >= 15 is 0 Å². The summed E-state index contributed by atoms with van der Waals surface area (Å²) in [6.45, 7) is 1.74. The van der Waals surface area contributed by atoms with Gasteiger partial charge in [0.25, 0.3) is 0 Å². The van der Waals surface area contributed by atoms with Gasteiger partial charge in [-0.15, -0.1) is 0 Å². The van der Waals surface area contributed by atoms with E-state index in [1.165, 1.54) is 12.1 Å². The Balaban J connectivity index is 1.95. The zero-order chi connectivity index (χ0) is 25.4. The smallest absolute Gasteiger partial charge is 0.429 e. The minimum absolute atomic E-state index is 0.0228. The highest BCUT2D eigenvalue weighted by molar-refractivity contribution is 5.65. The molecule has 0 aromatic heterocycles. The Morgan fingerprint density at radius 2 is 1.35 bits per heavy atom. The maximum absolute atomic E-state index is 14.5. The molecule has 0 aliphatic heterocycles. The van der Waals surface area contributed by atoms with E-state index in [2.05, 4.69) is 4.74 Å². The van der Waals surface area contributed by atoms with Crippen molar-refractivity contribution in [3.8, 4) is 16.9 Å². The molecule has 0 aliphatic carbocycles. The molecule has 0 fully saturated rings. The first kappa shape index (κ1) is 25.1. The molecule has 3 aromatic rings. The monoisotopic (exact) mass is 494 g/mol. The first-order valence-corrected chi connectivity index (χ1v) is 9.26. The van der Waals surface area contributed by atoms with Crippen molar-refractivity contribution in [2.75, 3.05) is 0 Å². The molecular formula is C23H12F10O. The molecule has 0 unspecified atom stereocenters. The van der Waals surface area contributed by atoms with Gasteiger partial charge in [-0.1, -0.05) is 35.9 Å². The Kier molecular flexibility index (Phi) is 6.68. The molecule has 3 aromatic carbocycles. The van der Waals surface area contributed by atoms with E-state index in [4.69, 9.17) is 0 Å². The normalized spacial score (nSPS) is 12.7. The zero-order valence-corrected chi connectivity index (χ0v) is 16.9. The molecule has 11 heteroatoms. The first-order chi connectivity index (χ1) is 15.7. The lowest BCUT2D eigenvalue weighted by atomic mass is 10.0. The van der Waals surface area contributed by atoms with Gasteiger partial charge in [0.05, 0.1) is 11.6 Å². The van der Waals surface area contributed by atoms with Crippen molar-refractivity contribution in [3.63, 3.8) is 0 Å². The van der Waals surface area contributed by atoms with E-state index in [-0.39, 0.29) is 23.3 Å². The van der Waals surface area contributed by atoms with Gasteiger partial charge in [-0.3, -0.25) is 0 Å². The summed E-state index contributed by atoms with van der Waals surface area (Å²) >= 11 is 0. The molecule has 34 heavy (non-hydrogen) atoms. The van der Waals surface area contributed by atoms with Gasteiger partial charge in [0.15, 0.2) is 11.6 Å². The molecule has 0 saturated heterocycles. The zero-order valence-electron chi connectivity index (χ0n) is 16.9. The summed E-state index contributed by atoms with van der Waals surface area (Å²) in [6.07, 6.45) is -11.0. The molecule has 0 amide bonds. The van der Waals surface area contributed by atoms with Gasteiger partial charge in [0, 0.05) is 17.7 Å². The number of benzene rings is 3. The van der Waals surface area contributed by atoms with Crippen LogP contribution in [0.25, 0.3) is 17.0 Å². The minimum Gasteiger partial charge on any atom is -0.429 e. The van der Waals surface area contributed by atoms with Crippen molar-refractivity contribution >= 4 is 5.83 Å². The van der Waals surface area contributed by atoms with Gasteiger partial charge in [-0.2, -0.15) is 22.0 Å². The van der Waals surface area contributed by atoms with E-state index in [1.54, 1.807) is 19.1 Å². The molecule has 180 valence electrons. The third-order valence-corrected chi connectivity index (χ3v) is 4.55. The van der Waals surface area contributed by atoms with Gasteiger partial charge < -0.3 is 4.74 Å². The number of hydrogen-bond acceptors (Lipinski definition) is 1. The summed E-state index contributed by atoms with van der Waals surface area (Å²) in [5.74, 6) is -11.3. The van der Waals surface area contributed by atoms with Crippen LogP contribution in [0.4, 0.5) is 43.9 Å². The van der Waals surface area contributed by atoms with Crippen LogP contribution in [0.3, 0.4) is 0 Å². The van der Waals surface area contributed by atoms with Gasteiger partial charge in [0.2, 0.25) is 0 Å². The molecule has 1 nitrogen and oxygen atoms in total. The maximum Gasteiger partial charge on any atom is 0.429 e. The summed E-state index contributed by atoms with van der Waals surface area (Å²) in [4.78, 5) is 0. The molecule has 0 bridgehead atoms. The van der Waals surface area contributed by atoms with Gasteiger partial charge in [-0.25, -0.2) is 22.0 Å². The number of halogens is 10. The lowest BCUT2D eigenvalue weighted by Gasteiger charge is -2.20. The second-order valence-corrected chi connectivity index (χ2v) is 7.07. The fraction of sp³-hybridized carbons (Fsp3) is 0.130. The fourth-order valence-corrected chi connectivity index (χ4v) is 2.99. The van der Waals surface area contributed by atoms with Crippen molar-refractivity contribution < 1.29 is 48.6 Å². The van der Waals surface area contributed by atoms with Crippen LogP contribution in [-0.4, -0.2) is 6.18 Å². The summed E-state index contributed by atoms with van der Waals surface area (Å²) in [5.41, 5.74) is -2.74. The molecule has 0 spiro atoms. The van der Waals surface area contributed by atoms with Crippen LogP contribution in [0.15, 0.2) is 54.6 Å². The topological polar surface area (TPSA) is 9.23 Å². The van der Waals surface area contributed by atoms with Crippen LogP contribution < -0.4 is 4.74 Å². The Morgan fingerprint density at radius 1 is 0.794 bits per heavy atom. The van der Waals surface area contributed by atoms with Crippen LogP contribution in [0.1, 0.15) is 16.7 Å². The second kappa shape index (κ2) is 9.03. The van der Waals surface area contributed by atoms with E-state index < -0.39 is 64.3 Å². The molecule has 0 atom stereocenters. The molecular weight excluding hydrogens is 482 g/mol. The highest BCUT2D eigenvalue weighted by Crippen LogP contribution is 2.38. The molecule has 0 aliphatic rings. The highest BCUT2D eigenvalue weighted by Gasteiger charge is 2.40. The SMILES string of the molecule is Cc1ccc(-c2ccc(C(F)(F)Oc3cc(F)c(/C(F)=C/C(F)(F)F)c(F)c3)c(F)c2F)cc1. The van der Waals surface area contributed by atoms with Crippen LogP contribution in [0.5, 0.6) is 5.75 Å². The average molecular weight is 494 g/mol.